The van der Waals surface area contributed by atoms with E-state index in [4.69, 9.17) is 4.74 Å². The zero-order valence-electron chi connectivity index (χ0n) is 22.9. The van der Waals surface area contributed by atoms with Gasteiger partial charge >= 0.3 is 6.18 Å². The molecule has 0 aliphatic carbocycles. The fourth-order valence-electron chi connectivity index (χ4n) is 4.85. The second-order valence-corrected chi connectivity index (χ2v) is 9.82. The molecule has 220 valence electrons. The molecule has 41 heavy (non-hydrogen) atoms. The lowest BCUT2D eigenvalue weighted by atomic mass is 10.0. The number of aromatic nitrogens is 2. The summed E-state index contributed by atoms with van der Waals surface area (Å²) >= 11 is 0. The number of amides is 3. The Morgan fingerprint density at radius 3 is 2.54 bits per heavy atom. The molecule has 5 rings (SSSR count). The van der Waals surface area contributed by atoms with Gasteiger partial charge in [-0.25, -0.2) is 4.98 Å². The Balaban J connectivity index is 0.000000714. The maximum Gasteiger partial charge on any atom is 0.416 e. The molecule has 0 radical (unpaired) electrons. The van der Waals surface area contributed by atoms with Crippen molar-refractivity contribution in [3.05, 3.63) is 53.6 Å². The largest absolute Gasteiger partial charge is 0.416 e. The van der Waals surface area contributed by atoms with Gasteiger partial charge in [0, 0.05) is 30.4 Å². The lowest BCUT2D eigenvalue weighted by Crippen LogP contribution is -2.41. The highest BCUT2D eigenvalue weighted by Crippen LogP contribution is 2.34. The van der Waals surface area contributed by atoms with Crippen LogP contribution in [0.3, 0.4) is 0 Å². The Morgan fingerprint density at radius 2 is 1.90 bits per heavy atom. The van der Waals surface area contributed by atoms with E-state index in [1.54, 1.807) is 11.0 Å². The standard InChI is InChI=1S/C25H26F3N5O3.C3H7NO/c1-31-9-7-18(8-10-31)33-21-6-5-19(32-11-12-36-15-22(32)34)14-20(21)29-24(33)30-23(35)16-3-2-4-17(13-16)25(26,27)28;1-2-4-3-5/h2-6,13-14,18H,7-12,15H2,1H3,(H,29,30,35);3H,2H2,1H3,(H,4,5). The molecule has 3 amide bonds. The van der Waals surface area contributed by atoms with E-state index >= 15 is 0 Å². The number of carbonyl (C=O) groups excluding carboxylic acids is 3. The van der Waals surface area contributed by atoms with Gasteiger partial charge in [0.25, 0.3) is 11.8 Å². The molecule has 2 aliphatic rings. The van der Waals surface area contributed by atoms with Crippen LogP contribution in [0.2, 0.25) is 0 Å². The summed E-state index contributed by atoms with van der Waals surface area (Å²) in [6.07, 6.45) is -2.21. The van der Waals surface area contributed by atoms with Gasteiger partial charge in [0.2, 0.25) is 12.4 Å². The van der Waals surface area contributed by atoms with Gasteiger partial charge in [-0.3, -0.25) is 19.7 Å². The quantitative estimate of drug-likeness (QED) is 0.435. The number of nitrogens with zero attached hydrogens (tertiary/aromatic N) is 4. The lowest BCUT2D eigenvalue weighted by molar-refractivity contribution is -0.137. The number of benzene rings is 2. The summed E-state index contributed by atoms with van der Waals surface area (Å²) in [6.45, 7) is 5.21. The smallest absolute Gasteiger partial charge is 0.370 e. The van der Waals surface area contributed by atoms with Crippen molar-refractivity contribution in [1.82, 2.24) is 19.8 Å². The van der Waals surface area contributed by atoms with Gasteiger partial charge in [-0.05, 0) is 76.3 Å². The molecular formula is C28H33F3N6O4. The van der Waals surface area contributed by atoms with E-state index in [1.807, 2.05) is 30.7 Å². The minimum Gasteiger partial charge on any atom is -0.370 e. The summed E-state index contributed by atoms with van der Waals surface area (Å²) in [7, 11) is 2.05. The van der Waals surface area contributed by atoms with Crippen LogP contribution in [-0.2, 0) is 20.5 Å². The third-order valence-electron chi connectivity index (χ3n) is 6.99. The van der Waals surface area contributed by atoms with Crippen LogP contribution in [-0.4, -0.2) is 79.1 Å². The highest BCUT2D eigenvalue weighted by atomic mass is 19.4. The summed E-state index contributed by atoms with van der Waals surface area (Å²) in [4.78, 5) is 43.1. The molecule has 2 fully saturated rings. The fourth-order valence-corrected chi connectivity index (χ4v) is 4.85. The molecule has 2 aliphatic heterocycles. The van der Waals surface area contributed by atoms with Crippen molar-refractivity contribution in [2.75, 3.05) is 56.7 Å². The second-order valence-electron chi connectivity index (χ2n) is 9.82. The normalized spacial score (nSPS) is 16.7. The number of imidazole rings is 1. The molecule has 2 aromatic carbocycles. The van der Waals surface area contributed by atoms with E-state index in [2.05, 4.69) is 20.5 Å². The lowest BCUT2D eigenvalue weighted by Gasteiger charge is -2.31. The van der Waals surface area contributed by atoms with Gasteiger partial charge in [0.1, 0.15) is 6.61 Å². The molecule has 3 aromatic rings. The molecule has 3 heterocycles. The van der Waals surface area contributed by atoms with E-state index in [0.29, 0.717) is 30.8 Å². The van der Waals surface area contributed by atoms with Crippen LogP contribution >= 0.6 is 0 Å². The zero-order chi connectivity index (χ0) is 29.6. The van der Waals surface area contributed by atoms with Crippen molar-refractivity contribution in [2.45, 2.75) is 32.0 Å². The van der Waals surface area contributed by atoms with E-state index in [9.17, 15) is 27.6 Å². The first-order valence-corrected chi connectivity index (χ1v) is 13.4. The van der Waals surface area contributed by atoms with Crippen LogP contribution < -0.4 is 15.5 Å². The molecule has 2 saturated heterocycles. The number of morpholine rings is 1. The number of rotatable bonds is 6. The second kappa shape index (κ2) is 13.1. The van der Waals surface area contributed by atoms with E-state index < -0.39 is 17.6 Å². The number of piperidine rings is 1. The van der Waals surface area contributed by atoms with Crippen LogP contribution in [0, 0.1) is 0 Å². The van der Waals surface area contributed by atoms with Gasteiger partial charge in [-0.15, -0.1) is 0 Å². The SMILES string of the molecule is CCNC=O.CN1CCC(n2c(NC(=O)c3cccc(C(F)(F)F)c3)nc3cc(N4CCOCC4=O)ccc32)CC1. The van der Waals surface area contributed by atoms with Crippen molar-refractivity contribution in [3.8, 4) is 0 Å². The third kappa shape index (κ3) is 7.22. The van der Waals surface area contributed by atoms with Crippen molar-refractivity contribution >= 4 is 40.9 Å². The molecular weight excluding hydrogens is 541 g/mol. The minimum atomic E-state index is -4.55. The summed E-state index contributed by atoms with van der Waals surface area (Å²) < 4.78 is 46.7. The summed E-state index contributed by atoms with van der Waals surface area (Å²) in [6, 6.07) is 9.89. The molecule has 1 aromatic heterocycles. The van der Waals surface area contributed by atoms with E-state index in [1.165, 1.54) is 12.1 Å². The Bertz CT molecular complexity index is 1380. The summed E-state index contributed by atoms with van der Waals surface area (Å²) in [5, 5.41) is 5.17. The van der Waals surface area contributed by atoms with Gasteiger partial charge in [0.15, 0.2) is 0 Å². The highest BCUT2D eigenvalue weighted by molar-refractivity contribution is 6.04. The van der Waals surface area contributed by atoms with Crippen molar-refractivity contribution in [3.63, 3.8) is 0 Å². The molecule has 0 saturated carbocycles. The fraction of sp³-hybridized carbons (Fsp3) is 0.429. The molecule has 0 spiro atoms. The number of ether oxygens (including phenoxy) is 1. The molecule has 10 nitrogen and oxygen atoms in total. The maximum atomic E-state index is 13.2. The van der Waals surface area contributed by atoms with Crippen LogP contribution in [0.25, 0.3) is 11.0 Å². The van der Waals surface area contributed by atoms with E-state index in [0.717, 1.165) is 50.1 Å². The first-order chi connectivity index (χ1) is 19.6. The Kier molecular flexibility index (Phi) is 9.61. The van der Waals surface area contributed by atoms with Crippen LogP contribution in [0.15, 0.2) is 42.5 Å². The number of halogens is 3. The molecule has 13 heteroatoms. The maximum absolute atomic E-state index is 13.2. The van der Waals surface area contributed by atoms with Gasteiger partial charge in [0.05, 0.1) is 23.2 Å². The number of anilines is 2. The van der Waals surface area contributed by atoms with Crippen molar-refractivity contribution in [1.29, 1.82) is 0 Å². The van der Waals surface area contributed by atoms with Crippen LogP contribution in [0.1, 0.15) is 41.7 Å². The van der Waals surface area contributed by atoms with Crippen molar-refractivity contribution < 1.29 is 32.3 Å². The molecule has 0 unspecified atom stereocenters. The topological polar surface area (TPSA) is 109 Å². The number of hydrogen-bond acceptors (Lipinski definition) is 6. The molecule has 2 N–H and O–H groups in total. The third-order valence-corrected chi connectivity index (χ3v) is 6.99. The highest BCUT2D eigenvalue weighted by Gasteiger charge is 2.31. The molecule has 0 bridgehead atoms. The Hall–Kier alpha value is -3.97. The number of nitrogens with one attached hydrogen (secondary N) is 2. The number of likely N-dealkylation sites (tertiary alicyclic amines) is 1. The number of carbonyl (C=O) groups is 3. The van der Waals surface area contributed by atoms with Crippen LogP contribution in [0.5, 0.6) is 0 Å². The van der Waals surface area contributed by atoms with Gasteiger partial charge in [-0.1, -0.05) is 6.07 Å². The number of alkyl halides is 3. The predicted molar refractivity (Wildman–Crippen MR) is 148 cm³/mol. The van der Waals surface area contributed by atoms with Crippen LogP contribution in [0.4, 0.5) is 24.8 Å². The Labute approximate surface area is 235 Å². The van der Waals surface area contributed by atoms with Crippen molar-refractivity contribution in [2.24, 2.45) is 0 Å². The van der Waals surface area contributed by atoms with E-state index in [-0.39, 0.29) is 30.1 Å². The van der Waals surface area contributed by atoms with Gasteiger partial charge in [-0.2, -0.15) is 13.2 Å². The first kappa shape index (κ1) is 30.0. The predicted octanol–water partition coefficient (Wildman–Crippen LogP) is 3.69. The summed E-state index contributed by atoms with van der Waals surface area (Å²) in [5.74, 6) is -0.546. The average Bonchev–Trinajstić information content (AvgIpc) is 3.31. The zero-order valence-corrected chi connectivity index (χ0v) is 22.9. The molecule has 0 atom stereocenters. The average molecular weight is 575 g/mol. The number of fused-ring (bicyclic) bond motifs is 1. The Morgan fingerprint density at radius 1 is 1.15 bits per heavy atom. The van der Waals surface area contributed by atoms with Gasteiger partial charge < -0.3 is 24.4 Å². The summed E-state index contributed by atoms with van der Waals surface area (Å²) in [5.41, 5.74) is 1.06. The first-order valence-electron chi connectivity index (χ1n) is 13.4. The minimum absolute atomic E-state index is 0.0143. The number of hydrogen-bond donors (Lipinski definition) is 2. The monoisotopic (exact) mass is 574 g/mol.